The molecule has 0 atom stereocenters. The van der Waals surface area contributed by atoms with Crippen LogP contribution < -0.4 is 10.5 Å². The van der Waals surface area contributed by atoms with Crippen LogP contribution in [0.3, 0.4) is 0 Å². The van der Waals surface area contributed by atoms with Gasteiger partial charge in [-0.15, -0.1) is 0 Å². The van der Waals surface area contributed by atoms with Gasteiger partial charge in [0.2, 0.25) is 0 Å². The fraction of sp³-hybridized carbons (Fsp3) is 0. The molecule has 0 saturated heterocycles. The Morgan fingerprint density at radius 3 is 1.91 bits per heavy atom. The number of ether oxygens (including phenoxy) is 1. The van der Waals surface area contributed by atoms with Crippen molar-refractivity contribution >= 4 is 116 Å². The average molecular weight is 687 g/mol. The van der Waals surface area contributed by atoms with E-state index in [-0.39, 0.29) is 5.75 Å². The number of fused-ring (bicyclic) bond motifs is 7. The Balaban J connectivity index is 0.000000214. The number of rotatable bonds is 3. The molecule has 0 saturated carbocycles. The molecule has 0 fully saturated rings. The highest BCUT2D eigenvalue weighted by molar-refractivity contribution is 9.10. The van der Waals surface area contributed by atoms with Gasteiger partial charge in [0.25, 0.3) is 6.47 Å². The van der Waals surface area contributed by atoms with Gasteiger partial charge in [-0.1, -0.05) is 114 Å². The highest BCUT2D eigenvalue weighted by atomic mass is 79.9. The van der Waals surface area contributed by atoms with Crippen molar-refractivity contribution < 1.29 is 9.53 Å². The molecule has 0 unspecified atom stereocenters. The predicted octanol–water partition coefficient (Wildman–Crippen LogP) is 12.0. The molecule has 9 aromatic rings. The van der Waals surface area contributed by atoms with Gasteiger partial charge in [-0.05, 0) is 110 Å². The van der Waals surface area contributed by atoms with Gasteiger partial charge in [-0.3, -0.25) is 4.79 Å². The van der Waals surface area contributed by atoms with E-state index in [4.69, 9.17) is 28.9 Å². The highest BCUT2D eigenvalue weighted by Gasteiger charge is 2.24. The standard InChI is InChI=1S/C32H17Cl.C7H5BrClNO2/c33-20-16-25-21-12-4-5-13-22(21)30-29(25)26(17-20)28(19-8-2-1-3-9-19)31-23-14-6-10-18-11-7-15-24(27(18)23)32(30)31;8-5-1-4(9)2-6(7(5)10)12-3-11/h1-17H;1-3H,10H2. The fourth-order valence-electron chi connectivity index (χ4n) is 6.91. The number of nitrogens with two attached hydrogens (primary N) is 1. The zero-order valence-corrected chi connectivity index (χ0v) is 26.7. The second kappa shape index (κ2) is 10.8. The van der Waals surface area contributed by atoms with Gasteiger partial charge in [0.1, 0.15) is 0 Å². The minimum Gasteiger partial charge on any atom is -0.426 e. The maximum atomic E-state index is 10.0. The van der Waals surface area contributed by atoms with E-state index in [1.807, 2.05) is 0 Å². The molecule has 9 aromatic carbocycles. The molecule has 0 amide bonds. The maximum Gasteiger partial charge on any atom is 0.298 e. The zero-order valence-electron chi connectivity index (χ0n) is 23.6. The van der Waals surface area contributed by atoms with Gasteiger partial charge in [-0.2, -0.15) is 0 Å². The van der Waals surface area contributed by atoms with E-state index in [0.29, 0.717) is 21.7 Å². The van der Waals surface area contributed by atoms with Crippen molar-refractivity contribution in [3.8, 4) is 16.9 Å². The largest absolute Gasteiger partial charge is 0.426 e. The van der Waals surface area contributed by atoms with Crippen LogP contribution in [0.5, 0.6) is 5.75 Å². The first kappa shape index (κ1) is 27.9. The number of halogens is 3. The van der Waals surface area contributed by atoms with Crippen LogP contribution in [0.4, 0.5) is 5.69 Å². The van der Waals surface area contributed by atoms with Crippen LogP contribution in [0.1, 0.15) is 0 Å². The molecule has 9 rings (SSSR count). The van der Waals surface area contributed by atoms with E-state index < -0.39 is 0 Å². The predicted molar refractivity (Wildman–Crippen MR) is 195 cm³/mol. The molecular formula is C39H22BrCl2NO2. The Morgan fingerprint density at radius 1 is 0.578 bits per heavy atom. The van der Waals surface area contributed by atoms with Crippen molar-refractivity contribution in [2.24, 2.45) is 0 Å². The number of carbonyl (C=O) groups is 1. The van der Waals surface area contributed by atoms with Crippen LogP contribution in [-0.4, -0.2) is 6.47 Å². The second-order valence-electron chi connectivity index (χ2n) is 11.0. The SMILES string of the molecule is Clc1cc2c(-c3ccccc3)c3c4cccc5cccc(c54)c3c3c4ccccc4c(c1)c23.Nc1c(Br)cc(Cl)cc1OC=O. The van der Waals surface area contributed by atoms with Crippen LogP contribution in [0.15, 0.2) is 120 Å². The third-order valence-electron chi connectivity index (χ3n) is 8.60. The third kappa shape index (κ3) is 4.28. The molecule has 0 aliphatic carbocycles. The molecule has 0 aliphatic rings. The summed E-state index contributed by atoms with van der Waals surface area (Å²) >= 11 is 15.6. The number of carbonyl (C=O) groups excluding carboxylic acids is 1. The summed E-state index contributed by atoms with van der Waals surface area (Å²) in [6.07, 6.45) is 0. The minimum atomic E-state index is 0.254. The van der Waals surface area contributed by atoms with Crippen LogP contribution in [-0.2, 0) is 4.79 Å². The minimum absolute atomic E-state index is 0.254. The van der Waals surface area contributed by atoms with Crippen LogP contribution in [0.25, 0.3) is 75.8 Å². The first-order valence-electron chi connectivity index (χ1n) is 14.3. The first-order valence-corrected chi connectivity index (χ1v) is 15.9. The summed E-state index contributed by atoms with van der Waals surface area (Å²) < 4.78 is 5.18. The van der Waals surface area contributed by atoms with Crippen LogP contribution in [0, 0.1) is 0 Å². The van der Waals surface area contributed by atoms with Crippen molar-refractivity contribution in [3.05, 3.63) is 130 Å². The lowest BCUT2D eigenvalue weighted by molar-refractivity contribution is -0.120. The molecule has 0 heterocycles. The lowest BCUT2D eigenvalue weighted by atomic mass is 9.90. The molecular weight excluding hydrogens is 665 g/mol. The van der Waals surface area contributed by atoms with E-state index >= 15 is 0 Å². The Morgan fingerprint density at radius 2 is 1.18 bits per heavy atom. The summed E-state index contributed by atoms with van der Waals surface area (Å²) in [5.41, 5.74) is 8.41. The molecule has 0 radical (unpaired) electrons. The van der Waals surface area contributed by atoms with Crippen molar-refractivity contribution in [2.45, 2.75) is 0 Å². The summed E-state index contributed by atoms with van der Waals surface area (Å²) in [5, 5.41) is 17.0. The van der Waals surface area contributed by atoms with Gasteiger partial charge in [0, 0.05) is 20.6 Å². The smallest absolute Gasteiger partial charge is 0.298 e. The Hall–Kier alpha value is -4.61. The maximum absolute atomic E-state index is 10.0. The summed E-state index contributed by atoms with van der Waals surface area (Å²) in [5.74, 6) is 0.254. The molecule has 6 heteroatoms. The number of benzene rings is 7. The Kier molecular flexibility index (Phi) is 6.68. The van der Waals surface area contributed by atoms with E-state index in [0.717, 1.165) is 5.02 Å². The van der Waals surface area contributed by atoms with Gasteiger partial charge >= 0.3 is 0 Å². The zero-order chi connectivity index (χ0) is 30.8. The molecule has 2 N–H and O–H groups in total. The lowest BCUT2D eigenvalue weighted by Crippen LogP contribution is -1.95. The molecule has 0 bridgehead atoms. The fourth-order valence-corrected chi connectivity index (χ4v) is 7.91. The van der Waals surface area contributed by atoms with Crippen LogP contribution in [0.2, 0.25) is 10.0 Å². The Labute approximate surface area is 276 Å². The van der Waals surface area contributed by atoms with E-state index in [1.165, 1.54) is 81.8 Å². The Bertz CT molecular complexity index is 2580. The number of hydrogen-bond acceptors (Lipinski definition) is 3. The van der Waals surface area contributed by atoms with Crippen molar-refractivity contribution in [1.29, 1.82) is 0 Å². The van der Waals surface area contributed by atoms with E-state index in [2.05, 4.69) is 124 Å². The highest BCUT2D eigenvalue weighted by Crippen LogP contribution is 2.53. The quantitative estimate of drug-likeness (QED) is 0.149. The molecule has 216 valence electrons. The summed E-state index contributed by atoms with van der Waals surface area (Å²) in [6.45, 7) is 0.300. The second-order valence-corrected chi connectivity index (χ2v) is 12.7. The van der Waals surface area contributed by atoms with Crippen molar-refractivity contribution in [1.82, 2.24) is 0 Å². The normalized spacial score (nSPS) is 11.6. The lowest BCUT2D eigenvalue weighted by Gasteiger charge is -2.13. The molecule has 3 nitrogen and oxygen atoms in total. The number of anilines is 1. The first-order chi connectivity index (χ1) is 22.0. The summed E-state index contributed by atoms with van der Waals surface area (Å²) in [4.78, 5) is 10.0. The van der Waals surface area contributed by atoms with Gasteiger partial charge in [-0.25, -0.2) is 0 Å². The van der Waals surface area contributed by atoms with Crippen molar-refractivity contribution in [2.75, 3.05) is 5.73 Å². The average Bonchev–Trinajstić information content (AvgIpc) is 3.55. The molecule has 0 aromatic heterocycles. The third-order valence-corrected chi connectivity index (χ3v) is 9.69. The van der Waals surface area contributed by atoms with E-state index in [9.17, 15) is 4.79 Å². The molecule has 45 heavy (non-hydrogen) atoms. The van der Waals surface area contributed by atoms with E-state index in [1.54, 1.807) is 6.07 Å². The van der Waals surface area contributed by atoms with Gasteiger partial charge in [0.05, 0.1) is 5.69 Å². The van der Waals surface area contributed by atoms with Gasteiger partial charge in [0.15, 0.2) is 5.75 Å². The number of nitrogen functional groups attached to an aromatic ring is 1. The van der Waals surface area contributed by atoms with Crippen LogP contribution >= 0.6 is 39.1 Å². The van der Waals surface area contributed by atoms with Crippen molar-refractivity contribution in [3.63, 3.8) is 0 Å². The topological polar surface area (TPSA) is 52.3 Å². The molecule has 0 aliphatic heterocycles. The summed E-state index contributed by atoms with van der Waals surface area (Å²) in [7, 11) is 0. The summed E-state index contributed by atoms with van der Waals surface area (Å²) in [6, 6.07) is 40.4. The van der Waals surface area contributed by atoms with Gasteiger partial charge < -0.3 is 10.5 Å². The monoisotopic (exact) mass is 685 g/mol. The molecule has 0 spiro atoms. The number of hydrogen-bond donors (Lipinski definition) is 1.